The fourth-order valence-electron chi connectivity index (χ4n) is 3.87. The Balaban J connectivity index is 0.000000267. The highest BCUT2D eigenvalue weighted by Gasteiger charge is 2.29. The largest absolute Gasteiger partial charge is 0.469 e. The number of carbonyl (C=O) groups is 2. The number of ether oxygens (including phenoxy) is 2. The first-order valence-corrected chi connectivity index (χ1v) is 11.2. The highest BCUT2D eigenvalue weighted by atomic mass is 35.5. The number of nitrogens with one attached hydrogen (secondary N) is 1. The first kappa shape index (κ1) is 31.6. The van der Waals surface area contributed by atoms with Crippen molar-refractivity contribution < 1.29 is 45.4 Å². The van der Waals surface area contributed by atoms with Gasteiger partial charge in [-0.3, -0.25) is 9.78 Å². The summed E-state index contributed by atoms with van der Waals surface area (Å²) >= 11 is 0. The number of halogens is 7. The summed E-state index contributed by atoms with van der Waals surface area (Å²) in [5.74, 6) is -9.37. The van der Waals surface area contributed by atoms with Crippen LogP contribution in [0.1, 0.15) is 34.8 Å². The summed E-state index contributed by atoms with van der Waals surface area (Å²) in [6, 6.07) is 5.83. The average molecular weight is 577 g/mol. The predicted octanol–water partition coefficient (Wildman–Crippen LogP) is 5.69. The molecule has 1 saturated heterocycles. The van der Waals surface area contributed by atoms with Gasteiger partial charge in [-0.15, -0.1) is 12.4 Å². The number of hydrogen-bond acceptors (Lipinski definition) is 6. The Morgan fingerprint density at radius 3 is 1.97 bits per heavy atom. The molecule has 1 N–H and O–H groups in total. The van der Waals surface area contributed by atoms with Crippen molar-refractivity contribution in [3.8, 4) is 11.3 Å². The highest BCUT2D eigenvalue weighted by molar-refractivity contribution is 5.90. The van der Waals surface area contributed by atoms with Crippen LogP contribution in [0.3, 0.4) is 0 Å². The van der Waals surface area contributed by atoms with Gasteiger partial charge in [0.05, 0.1) is 31.4 Å². The molecule has 1 aliphatic heterocycles. The van der Waals surface area contributed by atoms with Crippen LogP contribution < -0.4 is 5.32 Å². The Morgan fingerprint density at radius 1 is 0.872 bits per heavy atom. The summed E-state index contributed by atoms with van der Waals surface area (Å²) in [6.07, 6.45) is 2.27. The van der Waals surface area contributed by atoms with E-state index in [4.69, 9.17) is 0 Å². The monoisotopic (exact) mass is 576 g/mol. The standard InChI is InChI=1S/C13H14F3NO2.C13H8F3NO2.ClH/c2*1-19-13(18)7-2-3-17-11(6-7)8-4-9(14)12(16)10(15)5-8;/h4-5,7,11,17H,2-3,6H2,1H3;2-6H,1H3;1H. The maximum Gasteiger partial charge on any atom is 0.337 e. The van der Waals surface area contributed by atoms with Gasteiger partial charge in [-0.05, 0) is 61.3 Å². The van der Waals surface area contributed by atoms with E-state index in [-0.39, 0.29) is 47.2 Å². The van der Waals surface area contributed by atoms with Crippen molar-refractivity contribution in [1.29, 1.82) is 0 Å². The van der Waals surface area contributed by atoms with E-state index in [2.05, 4.69) is 19.8 Å². The van der Waals surface area contributed by atoms with Crippen molar-refractivity contribution in [3.05, 3.63) is 88.6 Å². The van der Waals surface area contributed by atoms with Gasteiger partial charge in [0.1, 0.15) is 0 Å². The zero-order valence-electron chi connectivity index (χ0n) is 20.6. The molecule has 2 atom stereocenters. The molecule has 1 aromatic heterocycles. The number of rotatable bonds is 4. The smallest absolute Gasteiger partial charge is 0.337 e. The number of esters is 2. The number of carbonyl (C=O) groups excluding carboxylic acids is 2. The van der Waals surface area contributed by atoms with E-state index >= 15 is 0 Å². The van der Waals surface area contributed by atoms with Crippen molar-refractivity contribution in [1.82, 2.24) is 10.3 Å². The Morgan fingerprint density at radius 2 is 1.44 bits per heavy atom. The molecular formula is C26H23ClF6N2O4. The summed E-state index contributed by atoms with van der Waals surface area (Å²) in [6.45, 7) is 0.533. The van der Waals surface area contributed by atoms with E-state index in [1.165, 1.54) is 32.5 Å². The SMILES string of the molecule is COC(=O)C1CCNC(c2cc(F)c(F)c(F)c2)C1.COC(=O)c1ccnc(-c2cc(F)c(F)c(F)c2)c1.Cl. The first-order valence-electron chi connectivity index (χ1n) is 11.2. The van der Waals surface area contributed by atoms with Crippen LogP contribution in [-0.2, 0) is 14.3 Å². The van der Waals surface area contributed by atoms with Crippen LogP contribution in [0, 0.1) is 40.8 Å². The maximum atomic E-state index is 13.2. The van der Waals surface area contributed by atoms with Gasteiger partial charge in [-0.25, -0.2) is 31.1 Å². The Hall–Kier alpha value is -3.64. The Bertz CT molecular complexity index is 1300. The minimum atomic E-state index is -1.55. The van der Waals surface area contributed by atoms with E-state index in [0.717, 1.165) is 24.3 Å². The lowest BCUT2D eigenvalue weighted by Crippen LogP contribution is -2.35. The molecule has 0 bridgehead atoms. The van der Waals surface area contributed by atoms with Gasteiger partial charge in [0, 0.05) is 17.8 Å². The molecule has 2 unspecified atom stereocenters. The summed E-state index contributed by atoms with van der Waals surface area (Å²) in [4.78, 5) is 26.7. The van der Waals surface area contributed by atoms with Crippen LogP contribution >= 0.6 is 12.4 Å². The first-order chi connectivity index (χ1) is 18.0. The number of aromatic nitrogens is 1. The van der Waals surface area contributed by atoms with Crippen LogP contribution in [0.4, 0.5) is 26.3 Å². The molecule has 1 fully saturated rings. The van der Waals surface area contributed by atoms with Crippen LogP contribution in [0.2, 0.25) is 0 Å². The van der Waals surface area contributed by atoms with Gasteiger partial charge in [0.15, 0.2) is 34.9 Å². The lowest BCUT2D eigenvalue weighted by molar-refractivity contribution is -0.146. The van der Waals surface area contributed by atoms with Gasteiger partial charge in [0.2, 0.25) is 0 Å². The Kier molecular flexibility index (Phi) is 11.3. The average Bonchev–Trinajstić information content (AvgIpc) is 2.93. The van der Waals surface area contributed by atoms with Crippen LogP contribution in [0.15, 0.2) is 42.6 Å². The quantitative estimate of drug-likeness (QED) is 0.244. The lowest BCUT2D eigenvalue weighted by Gasteiger charge is -2.29. The Labute approximate surface area is 225 Å². The number of benzene rings is 2. The fraction of sp³-hybridized carbons (Fsp3) is 0.269. The van der Waals surface area contributed by atoms with Crippen LogP contribution in [-0.4, -0.2) is 37.7 Å². The van der Waals surface area contributed by atoms with E-state index in [1.54, 1.807) is 0 Å². The van der Waals surface area contributed by atoms with Gasteiger partial charge in [-0.1, -0.05) is 0 Å². The molecule has 210 valence electrons. The second-order valence-electron chi connectivity index (χ2n) is 8.22. The maximum absolute atomic E-state index is 13.2. The second-order valence-corrected chi connectivity index (χ2v) is 8.22. The van der Waals surface area contributed by atoms with E-state index < -0.39 is 40.9 Å². The molecule has 2 heterocycles. The number of methoxy groups -OCH3 is 2. The molecule has 2 aromatic carbocycles. The summed E-state index contributed by atoms with van der Waals surface area (Å²) < 4.78 is 87.5. The topological polar surface area (TPSA) is 77.5 Å². The third kappa shape index (κ3) is 7.70. The second kappa shape index (κ2) is 13.9. The van der Waals surface area contributed by atoms with Crippen LogP contribution in [0.5, 0.6) is 0 Å². The molecular weight excluding hydrogens is 554 g/mol. The van der Waals surface area contributed by atoms with E-state index in [9.17, 15) is 35.9 Å². The van der Waals surface area contributed by atoms with Crippen molar-refractivity contribution in [2.45, 2.75) is 18.9 Å². The highest BCUT2D eigenvalue weighted by Crippen LogP contribution is 2.29. The molecule has 0 radical (unpaired) electrons. The van der Waals surface area contributed by atoms with Crippen molar-refractivity contribution >= 4 is 24.3 Å². The van der Waals surface area contributed by atoms with Gasteiger partial charge < -0.3 is 14.8 Å². The minimum Gasteiger partial charge on any atom is -0.469 e. The molecule has 0 spiro atoms. The third-order valence-electron chi connectivity index (χ3n) is 5.81. The number of piperidine rings is 1. The summed E-state index contributed by atoms with van der Waals surface area (Å²) in [5, 5.41) is 3.05. The van der Waals surface area contributed by atoms with Gasteiger partial charge in [-0.2, -0.15) is 0 Å². The molecule has 0 amide bonds. The predicted molar refractivity (Wildman–Crippen MR) is 130 cm³/mol. The lowest BCUT2D eigenvalue weighted by atomic mass is 9.88. The fourth-order valence-corrected chi connectivity index (χ4v) is 3.87. The normalized spacial score (nSPS) is 16.3. The van der Waals surface area contributed by atoms with Crippen LogP contribution in [0.25, 0.3) is 11.3 Å². The van der Waals surface area contributed by atoms with Crippen molar-refractivity contribution in [2.24, 2.45) is 5.92 Å². The van der Waals surface area contributed by atoms with E-state index in [0.29, 0.717) is 24.9 Å². The molecule has 0 aliphatic carbocycles. The van der Waals surface area contributed by atoms with Crippen molar-refractivity contribution in [2.75, 3.05) is 20.8 Å². The minimum absolute atomic E-state index is 0. The molecule has 0 saturated carbocycles. The number of nitrogens with zero attached hydrogens (tertiary/aromatic N) is 1. The zero-order valence-corrected chi connectivity index (χ0v) is 21.4. The third-order valence-corrected chi connectivity index (χ3v) is 5.81. The van der Waals surface area contributed by atoms with Gasteiger partial charge in [0.25, 0.3) is 0 Å². The van der Waals surface area contributed by atoms with Gasteiger partial charge >= 0.3 is 11.9 Å². The zero-order chi connectivity index (χ0) is 28.0. The molecule has 4 rings (SSSR count). The molecule has 6 nitrogen and oxygen atoms in total. The molecule has 39 heavy (non-hydrogen) atoms. The molecule has 3 aromatic rings. The summed E-state index contributed by atoms with van der Waals surface area (Å²) in [5.41, 5.74) is 0.644. The molecule has 13 heteroatoms. The molecule has 1 aliphatic rings. The number of pyridine rings is 1. The van der Waals surface area contributed by atoms with E-state index in [1.807, 2.05) is 0 Å². The summed E-state index contributed by atoms with van der Waals surface area (Å²) in [7, 11) is 2.51. The van der Waals surface area contributed by atoms with Crippen molar-refractivity contribution in [3.63, 3.8) is 0 Å². The number of hydrogen-bond donors (Lipinski definition) is 1.